The van der Waals surface area contributed by atoms with Gasteiger partial charge in [0, 0.05) is 24.3 Å². The lowest BCUT2D eigenvalue weighted by atomic mass is 10.1. The second kappa shape index (κ2) is 8.41. The van der Waals surface area contributed by atoms with E-state index in [-0.39, 0.29) is 24.2 Å². The predicted octanol–water partition coefficient (Wildman–Crippen LogP) is 5.09. The van der Waals surface area contributed by atoms with Crippen molar-refractivity contribution in [3.05, 3.63) is 83.9 Å². The molecule has 1 aliphatic rings. The number of para-hydroxylation sites is 1. The standard InChI is InChI=1S/C25H24N2O3/c1-17-7-6-10-23(18(17)2)30-22-13-11-20(12-14-22)26-25(29)19-15-24(28)27(16-19)21-8-4-3-5-9-21/h3-14,19H,15-16H2,1-2H3,(H,26,29)/t19-/m1/s1. The highest BCUT2D eigenvalue weighted by molar-refractivity contribution is 6.03. The maximum absolute atomic E-state index is 12.7. The number of aryl methyl sites for hydroxylation is 1. The van der Waals surface area contributed by atoms with Gasteiger partial charge in [-0.1, -0.05) is 30.3 Å². The van der Waals surface area contributed by atoms with Gasteiger partial charge in [0.15, 0.2) is 0 Å². The average Bonchev–Trinajstić information content (AvgIpc) is 3.15. The van der Waals surface area contributed by atoms with Gasteiger partial charge in [-0.25, -0.2) is 0 Å². The first-order valence-corrected chi connectivity index (χ1v) is 10.0. The van der Waals surface area contributed by atoms with Gasteiger partial charge in [-0.3, -0.25) is 9.59 Å². The van der Waals surface area contributed by atoms with Gasteiger partial charge >= 0.3 is 0 Å². The van der Waals surface area contributed by atoms with Crippen LogP contribution >= 0.6 is 0 Å². The molecule has 5 nitrogen and oxygen atoms in total. The van der Waals surface area contributed by atoms with Crippen molar-refractivity contribution in [1.29, 1.82) is 0 Å². The number of hydrogen-bond acceptors (Lipinski definition) is 3. The van der Waals surface area contributed by atoms with Crippen LogP contribution in [0, 0.1) is 19.8 Å². The van der Waals surface area contributed by atoms with Crippen LogP contribution in [-0.2, 0) is 9.59 Å². The van der Waals surface area contributed by atoms with Gasteiger partial charge in [0.05, 0.1) is 5.92 Å². The summed E-state index contributed by atoms with van der Waals surface area (Å²) in [4.78, 5) is 26.7. The summed E-state index contributed by atoms with van der Waals surface area (Å²) in [5, 5.41) is 2.91. The minimum Gasteiger partial charge on any atom is -0.457 e. The van der Waals surface area contributed by atoms with Gasteiger partial charge in [-0.15, -0.1) is 0 Å². The van der Waals surface area contributed by atoms with E-state index in [1.807, 2.05) is 86.6 Å². The second-order valence-corrected chi connectivity index (χ2v) is 7.55. The molecule has 3 aromatic carbocycles. The molecule has 3 aromatic rings. The van der Waals surface area contributed by atoms with Gasteiger partial charge in [0.2, 0.25) is 11.8 Å². The smallest absolute Gasteiger partial charge is 0.229 e. The Labute approximate surface area is 176 Å². The highest BCUT2D eigenvalue weighted by Crippen LogP contribution is 2.29. The molecule has 1 heterocycles. The average molecular weight is 400 g/mol. The molecule has 152 valence electrons. The number of rotatable bonds is 5. The Morgan fingerprint density at radius 3 is 2.43 bits per heavy atom. The van der Waals surface area contributed by atoms with Crippen LogP contribution in [0.4, 0.5) is 11.4 Å². The second-order valence-electron chi connectivity index (χ2n) is 7.55. The maximum atomic E-state index is 12.7. The first-order chi connectivity index (χ1) is 14.5. The molecule has 0 unspecified atom stereocenters. The zero-order chi connectivity index (χ0) is 21.1. The minimum absolute atomic E-state index is 0.0291. The molecule has 30 heavy (non-hydrogen) atoms. The fourth-order valence-electron chi connectivity index (χ4n) is 3.55. The Balaban J connectivity index is 1.38. The third-order valence-corrected chi connectivity index (χ3v) is 5.47. The molecule has 0 aliphatic carbocycles. The van der Waals surface area contributed by atoms with Crippen molar-refractivity contribution in [3.8, 4) is 11.5 Å². The number of carbonyl (C=O) groups excluding carboxylic acids is 2. The molecule has 0 saturated carbocycles. The van der Waals surface area contributed by atoms with E-state index in [0.29, 0.717) is 18.0 Å². The van der Waals surface area contributed by atoms with Crippen LogP contribution in [0.15, 0.2) is 72.8 Å². The topological polar surface area (TPSA) is 58.6 Å². The fourth-order valence-corrected chi connectivity index (χ4v) is 3.55. The van der Waals surface area contributed by atoms with E-state index in [1.165, 1.54) is 5.56 Å². The van der Waals surface area contributed by atoms with E-state index in [0.717, 1.165) is 17.0 Å². The maximum Gasteiger partial charge on any atom is 0.229 e. The molecule has 1 atom stereocenters. The van der Waals surface area contributed by atoms with E-state index < -0.39 is 0 Å². The van der Waals surface area contributed by atoms with E-state index in [4.69, 9.17) is 4.74 Å². The summed E-state index contributed by atoms with van der Waals surface area (Å²) >= 11 is 0. The summed E-state index contributed by atoms with van der Waals surface area (Å²) in [5.41, 5.74) is 3.78. The summed E-state index contributed by atoms with van der Waals surface area (Å²) in [7, 11) is 0. The number of nitrogens with one attached hydrogen (secondary N) is 1. The Bertz CT molecular complexity index is 1060. The first-order valence-electron chi connectivity index (χ1n) is 10.0. The van der Waals surface area contributed by atoms with E-state index in [1.54, 1.807) is 4.90 Å². The number of hydrogen-bond donors (Lipinski definition) is 1. The number of anilines is 2. The number of nitrogens with zero attached hydrogens (tertiary/aromatic N) is 1. The van der Waals surface area contributed by atoms with Crippen LogP contribution in [0.3, 0.4) is 0 Å². The van der Waals surface area contributed by atoms with Gasteiger partial charge in [-0.2, -0.15) is 0 Å². The van der Waals surface area contributed by atoms with Crippen molar-refractivity contribution in [1.82, 2.24) is 0 Å². The molecule has 1 saturated heterocycles. The minimum atomic E-state index is -0.372. The molecule has 2 amide bonds. The van der Waals surface area contributed by atoms with Crippen molar-refractivity contribution in [3.63, 3.8) is 0 Å². The molecule has 1 aliphatic heterocycles. The highest BCUT2D eigenvalue weighted by atomic mass is 16.5. The molecular formula is C25H24N2O3. The van der Waals surface area contributed by atoms with Crippen molar-refractivity contribution < 1.29 is 14.3 Å². The molecule has 0 radical (unpaired) electrons. The Morgan fingerprint density at radius 1 is 0.967 bits per heavy atom. The summed E-state index contributed by atoms with van der Waals surface area (Å²) < 4.78 is 5.96. The van der Waals surface area contributed by atoms with Crippen LogP contribution in [0.1, 0.15) is 17.5 Å². The number of benzene rings is 3. The zero-order valence-corrected chi connectivity index (χ0v) is 17.1. The lowest BCUT2D eigenvalue weighted by molar-refractivity contribution is -0.122. The number of carbonyl (C=O) groups is 2. The predicted molar refractivity (Wildman–Crippen MR) is 118 cm³/mol. The summed E-state index contributed by atoms with van der Waals surface area (Å²) in [6, 6.07) is 22.7. The molecule has 0 spiro atoms. The Hall–Kier alpha value is -3.60. The summed E-state index contributed by atoms with van der Waals surface area (Å²) in [5.74, 6) is 0.970. The zero-order valence-electron chi connectivity index (χ0n) is 17.1. The Kier molecular flexibility index (Phi) is 5.53. The van der Waals surface area contributed by atoms with Gasteiger partial charge in [0.25, 0.3) is 0 Å². The lowest BCUT2D eigenvalue weighted by Crippen LogP contribution is -2.28. The molecule has 4 rings (SSSR count). The largest absolute Gasteiger partial charge is 0.457 e. The first kappa shape index (κ1) is 19.7. The third-order valence-electron chi connectivity index (χ3n) is 5.47. The SMILES string of the molecule is Cc1cccc(Oc2ccc(NC(=O)[C@@H]3CC(=O)N(c4ccccc4)C3)cc2)c1C. The van der Waals surface area contributed by atoms with Crippen LogP contribution in [0.2, 0.25) is 0 Å². The van der Waals surface area contributed by atoms with Crippen molar-refractivity contribution >= 4 is 23.2 Å². The van der Waals surface area contributed by atoms with Crippen LogP contribution in [0.25, 0.3) is 0 Å². The molecule has 5 heteroatoms. The van der Waals surface area contributed by atoms with Crippen LogP contribution < -0.4 is 15.0 Å². The summed E-state index contributed by atoms with van der Waals surface area (Å²) in [6.07, 6.45) is 0.217. The van der Waals surface area contributed by atoms with Crippen molar-refractivity contribution in [2.75, 3.05) is 16.8 Å². The molecule has 1 N–H and O–H groups in total. The van der Waals surface area contributed by atoms with E-state index in [9.17, 15) is 9.59 Å². The highest BCUT2D eigenvalue weighted by Gasteiger charge is 2.35. The summed E-state index contributed by atoms with van der Waals surface area (Å²) in [6.45, 7) is 4.47. The number of amides is 2. The molecule has 0 bridgehead atoms. The van der Waals surface area contributed by atoms with Crippen LogP contribution in [-0.4, -0.2) is 18.4 Å². The third kappa shape index (κ3) is 4.20. The van der Waals surface area contributed by atoms with Crippen LogP contribution in [0.5, 0.6) is 11.5 Å². The van der Waals surface area contributed by atoms with E-state index in [2.05, 4.69) is 5.32 Å². The fraction of sp³-hybridized carbons (Fsp3) is 0.200. The lowest BCUT2D eigenvalue weighted by Gasteiger charge is -2.16. The van der Waals surface area contributed by atoms with Gasteiger partial charge in [0.1, 0.15) is 11.5 Å². The normalized spacial score (nSPS) is 15.9. The van der Waals surface area contributed by atoms with E-state index >= 15 is 0 Å². The van der Waals surface area contributed by atoms with Crippen molar-refractivity contribution in [2.45, 2.75) is 20.3 Å². The monoisotopic (exact) mass is 400 g/mol. The number of ether oxygens (including phenoxy) is 1. The Morgan fingerprint density at radius 2 is 1.70 bits per heavy atom. The molecule has 0 aromatic heterocycles. The van der Waals surface area contributed by atoms with Gasteiger partial charge < -0.3 is 15.0 Å². The van der Waals surface area contributed by atoms with Gasteiger partial charge in [-0.05, 0) is 67.4 Å². The molecular weight excluding hydrogens is 376 g/mol. The molecule has 1 fully saturated rings. The van der Waals surface area contributed by atoms with Crippen molar-refractivity contribution in [2.24, 2.45) is 5.92 Å². The quantitative estimate of drug-likeness (QED) is 0.649.